The van der Waals surface area contributed by atoms with Crippen LogP contribution < -0.4 is 5.32 Å². The van der Waals surface area contributed by atoms with Crippen molar-refractivity contribution in [1.29, 1.82) is 0 Å². The van der Waals surface area contributed by atoms with Crippen molar-refractivity contribution in [2.45, 2.75) is 163 Å². The standard InChI is InChI=1S/C57H84N5O10P/c1-11-13-14-15-16-17-18-19-20-21-22-23-24-25-53(64)69-34-41(35-71-73(66,67)70-29-28-62(7,8)9)72-54(65)27-26-43-38(4)48-31-46-39(5)45(36-68-10)51(59-46)32-47-37(3)42(12-2)50(58-47)33-49-40(6)55-52(63)30-44(56(43)60-48)57(55)61-49/h31-33,38,41,43H,11-30,34-36H2,1-10H3,(H2-,58,59,60,61,63,66,67)/p+1/t38-,41?,43-/m0/s1. The molecule has 3 N–H and O–H groups in total. The zero-order valence-corrected chi connectivity index (χ0v) is 46.5. The van der Waals surface area contributed by atoms with E-state index in [0.29, 0.717) is 41.8 Å². The zero-order valence-electron chi connectivity index (χ0n) is 45.6. The van der Waals surface area contributed by atoms with E-state index in [9.17, 15) is 24.2 Å². The van der Waals surface area contributed by atoms with Gasteiger partial charge in [-0.25, -0.2) is 19.5 Å². The Balaban J connectivity index is 1.16. The number of aliphatic hydroxyl groups excluding tert-OH is 1. The Labute approximate surface area is 435 Å². The van der Waals surface area contributed by atoms with Crippen LogP contribution >= 0.6 is 7.82 Å². The van der Waals surface area contributed by atoms with Gasteiger partial charge in [-0.2, -0.15) is 0 Å². The number of methoxy groups -OCH3 is 1. The monoisotopic (exact) mass is 1030 g/mol. The number of aliphatic hydroxyl groups is 1. The molecule has 5 aliphatic heterocycles. The van der Waals surface area contributed by atoms with E-state index >= 15 is 0 Å². The van der Waals surface area contributed by atoms with E-state index in [0.717, 1.165) is 99.0 Å². The number of allylic oxidation sites excluding steroid dienone is 11. The van der Waals surface area contributed by atoms with Gasteiger partial charge in [0.2, 0.25) is 0 Å². The Kier molecular flexibility index (Phi) is 21.2. The van der Waals surface area contributed by atoms with Crippen LogP contribution in [0.5, 0.6) is 0 Å². The number of phosphoric ester groups is 1. The zero-order chi connectivity index (χ0) is 52.9. The van der Waals surface area contributed by atoms with Crippen molar-refractivity contribution in [1.82, 2.24) is 5.32 Å². The molecular weight excluding hydrogens is 946 g/mol. The topological polar surface area (TPSA) is 187 Å². The largest absolute Gasteiger partial charge is 0.511 e. The van der Waals surface area contributed by atoms with Gasteiger partial charge >= 0.3 is 19.8 Å². The highest BCUT2D eigenvalue weighted by molar-refractivity contribution is 7.47. The fraction of sp³-hybridized carbons (Fsp3) is 0.632. The van der Waals surface area contributed by atoms with Crippen LogP contribution in [0.4, 0.5) is 0 Å². The number of hydrogen-bond donors (Lipinski definition) is 3. The molecule has 0 radical (unpaired) electrons. The number of unbranched alkanes of at least 4 members (excludes halogenated alkanes) is 12. The van der Waals surface area contributed by atoms with Crippen LogP contribution in [0.2, 0.25) is 0 Å². The van der Waals surface area contributed by atoms with Crippen molar-refractivity contribution in [3.63, 3.8) is 0 Å². The highest BCUT2D eigenvalue weighted by atomic mass is 31.2. The van der Waals surface area contributed by atoms with E-state index in [1.807, 2.05) is 47.1 Å². The van der Waals surface area contributed by atoms with Crippen molar-refractivity contribution in [3.8, 4) is 0 Å². The molecule has 73 heavy (non-hydrogen) atoms. The summed E-state index contributed by atoms with van der Waals surface area (Å²) >= 11 is 0. The fourth-order valence-electron chi connectivity index (χ4n) is 10.3. The van der Waals surface area contributed by atoms with Gasteiger partial charge in [0.1, 0.15) is 25.5 Å². The molecule has 2 unspecified atom stereocenters. The number of aliphatic imine (C=N–C) groups is 3. The third-order valence-electron chi connectivity index (χ3n) is 14.8. The summed E-state index contributed by atoms with van der Waals surface area (Å²) in [7, 11) is 2.94. The van der Waals surface area contributed by atoms with Gasteiger partial charge in [-0.05, 0) is 80.6 Å². The molecule has 1 fully saturated rings. The van der Waals surface area contributed by atoms with Gasteiger partial charge in [0.05, 0.1) is 68.6 Å². The van der Waals surface area contributed by atoms with E-state index in [2.05, 4.69) is 39.1 Å². The Bertz CT molecular complexity index is 2480. The molecule has 8 bridgehead atoms. The SMILES string of the molecule is CCCCCCCCCCCCCCCC(=O)OCC(COP(=O)(O)OCC[N+](C)(C)C)OC(=O)CC[C@@H]1C2=C3CC(O)=C4C3=NC(=C4C)C=C3N=C(C=C4N=C(C=C(N2)[C@H]1C)C(C)=C4COC)C(C)=C3CC. The quantitative estimate of drug-likeness (QED) is 0.0269. The minimum absolute atomic E-state index is 0.0326. The maximum atomic E-state index is 13.9. The van der Waals surface area contributed by atoms with Crippen molar-refractivity contribution in [2.75, 3.05) is 61.2 Å². The fourth-order valence-corrected chi connectivity index (χ4v) is 11.1. The van der Waals surface area contributed by atoms with Crippen LogP contribution in [0.1, 0.15) is 157 Å². The number of ether oxygens (including phenoxy) is 3. The minimum atomic E-state index is -4.54. The summed E-state index contributed by atoms with van der Waals surface area (Å²) in [5, 5.41) is 15.3. The van der Waals surface area contributed by atoms with Crippen molar-refractivity contribution < 1.29 is 51.9 Å². The summed E-state index contributed by atoms with van der Waals surface area (Å²) in [5.74, 6) is -1.15. The molecule has 0 aromatic rings. The lowest BCUT2D eigenvalue weighted by molar-refractivity contribution is -0.870. The molecule has 5 heterocycles. The Morgan fingerprint density at radius 2 is 1.41 bits per heavy atom. The molecule has 402 valence electrons. The van der Waals surface area contributed by atoms with Crippen molar-refractivity contribution in [2.24, 2.45) is 26.8 Å². The van der Waals surface area contributed by atoms with Crippen molar-refractivity contribution in [3.05, 3.63) is 91.5 Å². The predicted molar refractivity (Wildman–Crippen MR) is 289 cm³/mol. The number of fused-ring (bicyclic) bond motifs is 5. The minimum Gasteiger partial charge on any atom is -0.511 e. The first-order chi connectivity index (χ1) is 34.8. The Morgan fingerprint density at radius 1 is 0.795 bits per heavy atom. The third-order valence-corrected chi connectivity index (χ3v) is 15.8. The third kappa shape index (κ3) is 15.8. The molecule has 15 nitrogen and oxygen atoms in total. The summed E-state index contributed by atoms with van der Waals surface area (Å²) in [5.41, 5.74) is 13.0. The number of phosphoric acid groups is 1. The summed E-state index contributed by atoms with van der Waals surface area (Å²) in [6.07, 6.45) is 22.0. The predicted octanol–water partition coefficient (Wildman–Crippen LogP) is 11.9. The molecule has 16 heteroatoms. The molecule has 6 aliphatic rings. The molecule has 1 aliphatic carbocycles. The van der Waals surface area contributed by atoms with Gasteiger partial charge in [0, 0.05) is 66.3 Å². The molecule has 0 aromatic heterocycles. The summed E-state index contributed by atoms with van der Waals surface area (Å²) < 4.78 is 41.3. The van der Waals surface area contributed by atoms with E-state index in [1.54, 1.807) is 7.11 Å². The summed E-state index contributed by atoms with van der Waals surface area (Å²) in [6.45, 7) is 12.5. The van der Waals surface area contributed by atoms with Gasteiger partial charge in [0.15, 0.2) is 6.10 Å². The Morgan fingerprint density at radius 3 is 2.04 bits per heavy atom. The van der Waals surface area contributed by atoms with E-state index in [1.165, 1.54) is 57.8 Å². The maximum absolute atomic E-state index is 13.9. The molecule has 0 spiro atoms. The first-order valence-corrected chi connectivity index (χ1v) is 28.6. The second-order valence-corrected chi connectivity index (χ2v) is 22.9. The summed E-state index contributed by atoms with van der Waals surface area (Å²) in [6, 6.07) is 0. The average Bonchev–Trinajstić information content (AvgIpc) is 4.09. The number of carbonyl (C=O) groups is 2. The molecule has 1 saturated heterocycles. The van der Waals surface area contributed by atoms with Crippen LogP contribution in [-0.4, -0.2) is 111 Å². The average molecular weight is 1030 g/mol. The van der Waals surface area contributed by atoms with Gasteiger partial charge in [0.25, 0.3) is 0 Å². The van der Waals surface area contributed by atoms with Gasteiger partial charge in [-0.1, -0.05) is 97.8 Å². The molecule has 6 rings (SSSR count). The number of likely N-dealkylation sites (N-methyl/N-ethyl adjacent to an activating group) is 1. The van der Waals surface area contributed by atoms with E-state index in [4.69, 9.17) is 38.2 Å². The molecular formula is C57H85N5O10P+. The van der Waals surface area contributed by atoms with Crippen LogP contribution in [0.15, 0.2) is 106 Å². The number of carbonyl (C=O) groups excluding carboxylic acids is 2. The molecule has 0 aromatic carbocycles. The van der Waals surface area contributed by atoms with E-state index < -0.39 is 32.5 Å². The lowest BCUT2D eigenvalue weighted by Gasteiger charge is -2.24. The lowest BCUT2D eigenvalue weighted by Crippen LogP contribution is -2.37. The molecule has 0 saturated carbocycles. The normalized spacial score (nSPS) is 20.8. The van der Waals surface area contributed by atoms with Gasteiger partial charge in [-0.3, -0.25) is 18.6 Å². The summed E-state index contributed by atoms with van der Waals surface area (Å²) in [4.78, 5) is 52.9. The van der Waals surface area contributed by atoms with Gasteiger partial charge in [-0.15, -0.1) is 0 Å². The Hall–Kier alpha value is -4.50. The second kappa shape index (κ2) is 26.8. The maximum Gasteiger partial charge on any atom is 0.472 e. The van der Waals surface area contributed by atoms with Crippen LogP contribution in [0.25, 0.3) is 0 Å². The first-order valence-electron chi connectivity index (χ1n) is 27.1. The van der Waals surface area contributed by atoms with Crippen LogP contribution in [-0.2, 0) is 37.4 Å². The highest BCUT2D eigenvalue weighted by Crippen LogP contribution is 2.47. The van der Waals surface area contributed by atoms with Crippen LogP contribution in [0, 0.1) is 11.8 Å². The lowest BCUT2D eigenvalue weighted by atomic mass is 9.86. The molecule has 0 amide bonds. The number of hydrogen-bond acceptors (Lipinski definition) is 13. The van der Waals surface area contributed by atoms with Crippen LogP contribution in [0.3, 0.4) is 0 Å². The van der Waals surface area contributed by atoms with E-state index in [-0.39, 0.29) is 50.1 Å². The smallest absolute Gasteiger partial charge is 0.472 e. The number of rotatable bonds is 30. The number of nitrogens with zero attached hydrogens (tertiary/aromatic N) is 4. The second-order valence-electron chi connectivity index (χ2n) is 21.5. The first kappa shape index (κ1) is 57.8. The molecule has 4 atom stereocenters. The number of nitrogens with one attached hydrogen (secondary N) is 1. The number of esters is 2. The highest BCUT2D eigenvalue weighted by Gasteiger charge is 2.42. The van der Waals surface area contributed by atoms with Gasteiger partial charge < -0.3 is 34.0 Å². The van der Waals surface area contributed by atoms with Crippen molar-refractivity contribution >= 4 is 36.9 Å². The number of quaternary nitrogens is 1.